The average molecular weight is 314 g/mol. The predicted octanol–water partition coefficient (Wildman–Crippen LogP) is 4.29. The van der Waals surface area contributed by atoms with Crippen LogP contribution >= 0.6 is 0 Å². The van der Waals surface area contributed by atoms with Crippen molar-refractivity contribution < 1.29 is 9.90 Å². The van der Waals surface area contributed by atoms with Gasteiger partial charge < -0.3 is 5.11 Å². The topological polar surface area (TPSA) is 37.3 Å². The molecule has 7 atom stereocenters. The molecule has 3 fully saturated rings. The predicted molar refractivity (Wildman–Crippen MR) is 91.8 cm³/mol. The maximum atomic E-state index is 11.8. The molecule has 23 heavy (non-hydrogen) atoms. The first-order valence-electron chi connectivity index (χ1n) is 9.48. The highest BCUT2D eigenvalue weighted by Crippen LogP contribution is 2.66. The number of allylic oxidation sites excluding steroid dienone is 4. The number of rotatable bonds is 1. The molecule has 0 unspecified atom stereocenters. The maximum Gasteiger partial charge on any atom is 0.178 e. The number of carbonyl (C=O) groups excluding carboxylic acids is 1. The number of fused-ring (bicyclic) bond motifs is 5. The number of aliphatic hydroxyl groups excluding tert-OH is 1. The Morgan fingerprint density at radius 1 is 1.17 bits per heavy atom. The Kier molecular flexibility index (Phi) is 3.43. The fourth-order valence-corrected chi connectivity index (χ4v) is 7.03. The summed E-state index contributed by atoms with van der Waals surface area (Å²) in [6.07, 6.45) is 13.0. The molecule has 0 spiro atoms. The highest BCUT2D eigenvalue weighted by Gasteiger charge is 2.58. The molecule has 0 aromatic heterocycles. The van der Waals surface area contributed by atoms with Gasteiger partial charge in [-0.1, -0.05) is 25.5 Å². The summed E-state index contributed by atoms with van der Waals surface area (Å²) < 4.78 is 0. The summed E-state index contributed by atoms with van der Waals surface area (Å²) in [5.74, 6) is 2.84. The summed E-state index contributed by atoms with van der Waals surface area (Å²) in [6.45, 7) is 6.80. The minimum atomic E-state index is -0.177. The molecular weight excluding hydrogens is 284 g/mol. The summed E-state index contributed by atoms with van der Waals surface area (Å²) in [4.78, 5) is 11.8. The normalized spacial score (nSPS) is 49.9. The van der Waals surface area contributed by atoms with Crippen LogP contribution in [0.5, 0.6) is 0 Å². The minimum Gasteiger partial charge on any atom is -0.393 e. The van der Waals surface area contributed by atoms with E-state index in [1.165, 1.54) is 37.7 Å². The van der Waals surface area contributed by atoms with Gasteiger partial charge in [0.1, 0.15) is 0 Å². The molecular formula is C21H30O2. The molecule has 4 aliphatic rings. The second-order valence-corrected chi connectivity index (χ2v) is 9.07. The first-order chi connectivity index (χ1) is 10.9. The minimum absolute atomic E-state index is 0.0983. The second kappa shape index (κ2) is 5.05. The molecule has 0 amide bonds. The van der Waals surface area contributed by atoms with Gasteiger partial charge in [-0.2, -0.15) is 0 Å². The highest BCUT2D eigenvalue weighted by molar-refractivity contribution is 6.01. The van der Waals surface area contributed by atoms with E-state index in [2.05, 4.69) is 19.9 Å². The Morgan fingerprint density at radius 3 is 2.70 bits per heavy atom. The molecule has 0 saturated heterocycles. The smallest absolute Gasteiger partial charge is 0.178 e. The zero-order chi connectivity index (χ0) is 16.4. The Balaban J connectivity index is 1.67. The number of hydrogen-bond acceptors (Lipinski definition) is 2. The van der Waals surface area contributed by atoms with E-state index in [0.717, 1.165) is 18.3 Å². The molecule has 2 heteroatoms. The van der Waals surface area contributed by atoms with E-state index in [1.807, 2.05) is 13.0 Å². The molecule has 126 valence electrons. The van der Waals surface area contributed by atoms with Crippen molar-refractivity contribution in [2.75, 3.05) is 0 Å². The summed E-state index contributed by atoms with van der Waals surface area (Å²) in [6, 6.07) is 0. The quantitative estimate of drug-likeness (QED) is 0.784. The van der Waals surface area contributed by atoms with Gasteiger partial charge in [0, 0.05) is 5.41 Å². The number of ketones is 1. The van der Waals surface area contributed by atoms with E-state index >= 15 is 0 Å². The zero-order valence-electron chi connectivity index (χ0n) is 14.7. The fraction of sp³-hybridized carbons (Fsp3) is 0.762. The van der Waals surface area contributed by atoms with Crippen LogP contribution in [0, 0.1) is 34.5 Å². The summed E-state index contributed by atoms with van der Waals surface area (Å²) in [7, 11) is 0. The van der Waals surface area contributed by atoms with E-state index < -0.39 is 0 Å². The Labute approximate surface area is 140 Å². The molecule has 0 aromatic carbocycles. The summed E-state index contributed by atoms with van der Waals surface area (Å²) >= 11 is 0. The number of hydrogen-bond donors (Lipinski definition) is 1. The van der Waals surface area contributed by atoms with E-state index in [4.69, 9.17) is 0 Å². The van der Waals surface area contributed by atoms with Gasteiger partial charge in [-0.25, -0.2) is 0 Å². The van der Waals surface area contributed by atoms with Crippen LogP contribution < -0.4 is 0 Å². The highest BCUT2D eigenvalue weighted by atomic mass is 16.3. The van der Waals surface area contributed by atoms with Crippen LogP contribution in [0.15, 0.2) is 23.8 Å². The Bertz CT molecular complexity index is 587. The molecule has 4 aliphatic carbocycles. The lowest BCUT2D eigenvalue weighted by Gasteiger charge is -2.57. The van der Waals surface area contributed by atoms with Crippen LogP contribution in [0.1, 0.15) is 59.3 Å². The van der Waals surface area contributed by atoms with Crippen molar-refractivity contribution in [1.82, 2.24) is 0 Å². The van der Waals surface area contributed by atoms with E-state index in [9.17, 15) is 9.90 Å². The van der Waals surface area contributed by atoms with Crippen molar-refractivity contribution in [2.45, 2.75) is 65.4 Å². The molecule has 0 aliphatic heterocycles. The third-order valence-electron chi connectivity index (χ3n) is 8.21. The van der Waals surface area contributed by atoms with Crippen LogP contribution in [0.4, 0.5) is 0 Å². The van der Waals surface area contributed by atoms with Crippen molar-refractivity contribution >= 4 is 5.78 Å². The van der Waals surface area contributed by atoms with Gasteiger partial charge in [0.25, 0.3) is 0 Å². The Hall–Kier alpha value is -0.890. The third-order valence-corrected chi connectivity index (χ3v) is 8.21. The lowest BCUT2D eigenvalue weighted by molar-refractivity contribution is -0.111. The molecule has 4 rings (SSSR count). The molecule has 0 heterocycles. The van der Waals surface area contributed by atoms with Gasteiger partial charge in [0.05, 0.1) is 6.10 Å². The van der Waals surface area contributed by atoms with Gasteiger partial charge in [-0.05, 0) is 86.7 Å². The van der Waals surface area contributed by atoms with Gasteiger partial charge in [-0.3, -0.25) is 4.79 Å². The van der Waals surface area contributed by atoms with Crippen LogP contribution in [-0.4, -0.2) is 17.0 Å². The Morgan fingerprint density at radius 2 is 1.96 bits per heavy atom. The number of carbonyl (C=O) groups is 1. The average Bonchev–Trinajstić information content (AvgIpc) is 2.85. The van der Waals surface area contributed by atoms with E-state index in [-0.39, 0.29) is 17.3 Å². The molecule has 2 nitrogen and oxygen atoms in total. The lowest BCUT2D eigenvalue weighted by Crippen LogP contribution is -2.50. The molecule has 1 N–H and O–H groups in total. The first kappa shape index (κ1) is 15.6. The number of aliphatic hydroxyl groups is 1. The van der Waals surface area contributed by atoms with Crippen molar-refractivity contribution in [2.24, 2.45) is 34.5 Å². The first-order valence-corrected chi connectivity index (χ1v) is 9.48. The van der Waals surface area contributed by atoms with Crippen molar-refractivity contribution in [1.29, 1.82) is 0 Å². The largest absolute Gasteiger partial charge is 0.393 e. The molecule has 3 saturated carbocycles. The van der Waals surface area contributed by atoms with Crippen LogP contribution in [0.3, 0.4) is 0 Å². The fourth-order valence-electron chi connectivity index (χ4n) is 7.03. The second-order valence-electron chi connectivity index (χ2n) is 9.07. The van der Waals surface area contributed by atoms with Crippen molar-refractivity contribution in [3.05, 3.63) is 23.8 Å². The lowest BCUT2D eigenvalue weighted by atomic mass is 9.47. The molecule has 0 radical (unpaired) electrons. The maximum absolute atomic E-state index is 11.8. The van der Waals surface area contributed by atoms with Crippen molar-refractivity contribution in [3.8, 4) is 0 Å². The van der Waals surface area contributed by atoms with Gasteiger partial charge in [0.2, 0.25) is 0 Å². The van der Waals surface area contributed by atoms with Crippen LogP contribution in [0.25, 0.3) is 0 Å². The van der Waals surface area contributed by atoms with Crippen LogP contribution in [-0.2, 0) is 4.79 Å². The van der Waals surface area contributed by atoms with E-state index in [1.54, 1.807) is 6.08 Å². The van der Waals surface area contributed by atoms with Crippen molar-refractivity contribution in [3.63, 3.8) is 0 Å². The summed E-state index contributed by atoms with van der Waals surface area (Å²) in [5.41, 5.74) is 1.79. The van der Waals surface area contributed by atoms with Gasteiger partial charge >= 0.3 is 0 Å². The zero-order valence-corrected chi connectivity index (χ0v) is 14.7. The third kappa shape index (κ3) is 2.06. The standard InChI is InChI=1S/C21H30O2/c1-13(22)17-6-7-18-16-5-4-14-12-15(23)8-10-20(14,2)19(16)9-11-21(17,18)3/h8,10,12-13,16-19,22H,4-7,9,11H2,1-3H3/t13-,16-,17+,18-,19-,20-,21+/m0/s1. The monoisotopic (exact) mass is 314 g/mol. The van der Waals surface area contributed by atoms with E-state index in [0.29, 0.717) is 17.3 Å². The van der Waals surface area contributed by atoms with Gasteiger partial charge in [-0.15, -0.1) is 0 Å². The SMILES string of the molecule is C[C@H](O)[C@H]1CC[C@H]2[C@@H]3CCC4=CC(=O)C=C[C@]4(C)[C@H]3CC[C@]12C. The molecule has 0 bridgehead atoms. The van der Waals surface area contributed by atoms with Gasteiger partial charge in [0.15, 0.2) is 5.78 Å². The summed E-state index contributed by atoms with van der Waals surface area (Å²) in [5, 5.41) is 10.3. The molecule has 0 aromatic rings. The van der Waals surface area contributed by atoms with Crippen LogP contribution in [0.2, 0.25) is 0 Å².